The molecule has 0 radical (unpaired) electrons. The molecule has 0 saturated carbocycles. The lowest BCUT2D eigenvalue weighted by Crippen LogP contribution is -2.28. The number of para-hydroxylation sites is 1. The molecule has 1 heterocycles. The summed E-state index contributed by atoms with van der Waals surface area (Å²) in [4.78, 5) is 18.3. The molecule has 1 atom stereocenters. The van der Waals surface area contributed by atoms with Crippen molar-refractivity contribution in [3.8, 4) is 11.3 Å². The van der Waals surface area contributed by atoms with E-state index in [1.807, 2.05) is 42.5 Å². The Morgan fingerprint density at radius 1 is 0.906 bits per heavy atom. The number of aromatic nitrogens is 1. The second-order valence-corrected chi connectivity index (χ2v) is 8.70. The summed E-state index contributed by atoms with van der Waals surface area (Å²) in [6, 6.07) is 26.5. The van der Waals surface area contributed by atoms with Crippen molar-refractivity contribution in [1.29, 1.82) is 0 Å². The lowest BCUT2D eigenvalue weighted by molar-refractivity contribution is 0.0937. The van der Waals surface area contributed by atoms with Crippen LogP contribution in [0, 0.1) is 6.92 Å². The maximum absolute atomic E-state index is 13.5. The molecular weight excluding hydrogens is 392 g/mol. The molecule has 1 aromatic heterocycles. The van der Waals surface area contributed by atoms with Crippen molar-refractivity contribution in [2.75, 3.05) is 0 Å². The van der Waals surface area contributed by atoms with Gasteiger partial charge in [-0.3, -0.25) is 4.79 Å². The molecule has 0 fully saturated rings. The number of rotatable bonds is 6. The van der Waals surface area contributed by atoms with Gasteiger partial charge < -0.3 is 5.32 Å². The molecule has 162 valence electrons. The highest BCUT2D eigenvalue weighted by molar-refractivity contribution is 6.07. The lowest BCUT2D eigenvalue weighted by Gasteiger charge is -2.19. The molecule has 0 aliphatic rings. The molecule has 0 spiro atoms. The van der Waals surface area contributed by atoms with Gasteiger partial charge in [-0.25, -0.2) is 4.98 Å². The fourth-order valence-electron chi connectivity index (χ4n) is 4.09. The smallest absolute Gasteiger partial charge is 0.252 e. The van der Waals surface area contributed by atoms with Crippen molar-refractivity contribution >= 4 is 16.8 Å². The zero-order valence-corrected chi connectivity index (χ0v) is 19.2. The van der Waals surface area contributed by atoms with Crippen LogP contribution in [0.25, 0.3) is 22.2 Å². The third-order valence-corrected chi connectivity index (χ3v) is 5.99. The Balaban J connectivity index is 1.70. The molecule has 0 aliphatic heterocycles. The van der Waals surface area contributed by atoms with Gasteiger partial charge in [-0.05, 0) is 48.6 Å². The fraction of sp³-hybridized carbons (Fsp3) is 0.241. The molecule has 4 aromatic rings. The maximum Gasteiger partial charge on any atom is 0.252 e. The van der Waals surface area contributed by atoms with E-state index in [0.29, 0.717) is 11.5 Å². The van der Waals surface area contributed by atoms with Crippen LogP contribution in [0.4, 0.5) is 0 Å². The second-order valence-electron chi connectivity index (χ2n) is 8.70. The van der Waals surface area contributed by atoms with Gasteiger partial charge in [0.2, 0.25) is 0 Å². The predicted molar refractivity (Wildman–Crippen MR) is 133 cm³/mol. The van der Waals surface area contributed by atoms with E-state index in [0.717, 1.165) is 34.1 Å². The average Bonchev–Trinajstić information content (AvgIpc) is 2.81. The van der Waals surface area contributed by atoms with Crippen LogP contribution < -0.4 is 5.32 Å². The molecule has 1 unspecified atom stereocenters. The van der Waals surface area contributed by atoms with Crippen LogP contribution in [-0.4, -0.2) is 10.9 Å². The number of pyridine rings is 1. The van der Waals surface area contributed by atoms with Crippen LogP contribution in [0.3, 0.4) is 0 Å². The van der Waals surface area contributed by atoms with E-state index >= 15 is 0 Å². The summed E-state index contributed by atoms with van der Waals surface area (Å²) in [5.74, 6) is 0.416. The van der Waals surface area contributed by atoms with Crippen LogP contribution in [0.2, 0.25) is 0 Å². The van der Waals surface area contributed by atoms with Crippen LogP contribution in [-0.2, 0) is 0 Å². The van der Waals surface area contributed by atoms with Gasteiger partial charge in [-0.2, -0.15) is 0 Å². The Hall–Kier alpha value is -3.46. The number of hydrogen-bond donors (Lipinski definition) is 1. The maximum atomic E-state index is 13.5. The average molecular weight is 423 g/mol. The first-order chi connectivity index (χ1) is 15.5. The van der Waals surface area contributed by atoms with E-state index in [-0.39, 0.29) is 11.9 Å². The van der Waals surface area contributed by atoms with Gasteiger partial charge in [0.15, 0.2) is 0 Å². The van der Waals surface area contributed by atoms with Gasteiger partial charge in [0, 0.05) is 10.9 Å². The van der Waals surface area contributed by atoms with Crippen LogP contribution in [0.15, 0.2) is 78.9 Å². The standard InChI is InChI=1S/C29H30N2O/c1-5-26(22-15-13-21(14-16-22)19(2)3)31-29(32)25-18-28(23-10-8-9-20(4)17-23)30-27-12-7-6-11-24(25)27/h6-19,26H,5H2,1-4H3,(H,31,32). The summed E-state index contributed by atoms with van der Waals surface area (Å²) < 4.78 is 0. The van der Waals surface area contributed by atoms with Crippen LogP contribution in [0.5, 0.6) is 0 Å². The molecule has 1 amide bonds. The third-order valence-electron chi connectivity index (χ3n) is 5.99. The Morgan fingerprint density at radius 3 is 2.31 bits per heavy atom. The van der Waals surface area contributed by atoms with Gasteiger partial charge in [-0.15, -0.1) is 0 Å². The minimum absolute atomic E-state index is 0.0435. The summed E-state index contributed by atoms with van der Waals surface area (Å²) >= 11 is 0. The van der Waals surface area contributed by atoms with Gasteiger partial charge in [0.25, 0.3) is 5.91 Å². The molecule has 3 aromatic carbocycles. The first-order valence-electron chi connectivity index (χ1n) is 11.3. The molecule has 0 bridgehead atoms. The van der Waals surface area contributed by atoms with Crippen molar-refractivity contribution in [3.05, 3.63) is 101 Å². The largest absolute Gasteiger partial charge is 0.345 e. The number of benzene rings is 3. The van der Waals surface area contributed by atoms with Gasteiger partial charge in [-0.1, -0.05) is 87.0 Å². The summed E-state index contributed by atoms with van der Waals surface area (Å²) in [5, 5.41) is 4.13. The van der Waals surface area contributed by atoms with E-state index in [4.69, 9.17) is 4.98 Å². The second kappa shape index (κ2) is 9.35. The van der Waals surface area contributed by atoms with Crippen molar-refractivity contribution in [3.63, 3.8) is 0 Å². The highest BCUT2D eigenvalue weighted by Crippen LogP contribution is 2.27. The molecule has 32 heavy (non-hydrogen) atoms. The molecule has 0 aliphatic carbocycles. The number of nitrogens with one attached hydrogen (secondary N) is 1. The number of amides is 1. The highest BCUT2D eigenvalue weighted by Gasteiger charge is 2.18. The summed E-state index contributed by atoms with van der Waals surface area (Å²) in [7, 11) is 0. The summed E-state index contributed by atoms with van der Waals surface area (Å²) in [6.45, 7) is 8.54. The van der Waals surface area contributed by atoms with Crippen molar-refractivity contribution < 1.29 is 4.79 Å². The van der Waals surface area contributed by atoms with E-state index in [2.05, 4.69) is 69.4 Å². The molecule has 3 heteroatoms. The Morgan fingerprint density at radius 2 is 1.62 bits per heavy atom. The van der Waals surface area contributed by atoms with Crippen molar-refractivity contribution in [1.82, 2.24) is 10.3 Å². The third kappa shape index (κ3) is 4.57. The van der Waals surface area contributed by atoms with E-state index in [1.54, 1.807) is 0 Å². The first-order valence-corrected chi connectivity index (χ1v) is 11.3. The Bertz CT molecular complexity index is 1240. The highest BCUT2D eigenvalue weighted by atomic mass is 16.1. The zero-order chi connectivity index (χ0) is 22.7. The zero-order valence-electron chi connectivity index (χ0n) is 19.2. The number of carbonyl (C=O) groups excluding carboxylic acids is 1. The Labute approximate surface area is 190 Å². The van der Waals surface area contributed by atoms with E-state index in [9.17, 15) is 4.79 Å². The van der Waals surface area contributed by atoms with E-state index in [1.165, 1.54) is 11.1 Å². The topological polar surface area (TPSA) is 42.0 Å². The number of carbonyl (C=O) groups is 1. The quantitative estimate of drug-likeness (QED) is 0.356. The van der Waals surface area contributed by atoms with Crippen molar-refractivity contribution in [2.45, 2.75) is 46.1 Å². The minimum atomic E-state index is -0.0720. The first kappa shape index (κ1) is 21.8. The summed E-state index contributed by atoms with van der Waals surface area (Å²) in [6.07, 6.45) is 0.820. The minimum Gasteiger partial charge on any atom is -0.345 e. The van der Waals surface area contributed by atoms with Gasteiger partial charge >= 0.3 is 0 Å². The molecular formula is C29H30N2O. The predicted octanol–water partition coefficient (Wildman–Crippen LogP) is 7.21. The fourth-order valence-corrected chi connectivity index (χ4v) is 4.09. The van der Waals surface area contributed by atoms with Crippen LogP contribution >= 0.6 is 0 Å². The lowest BCUT2D eigenvalue weighted by atomic mass is 9.97. The SMILES string of the molecule is CCC(NC(=O)c1cc(-c2cccc(C)c2)nc2ccccc12)c1ccc(C(C)C)cc1. The Kier molecular flexibility index (Phi) is 6.36. The van der Waals surface area contributed by atoms with Crippen molar-refractivity contribution in [2.24, 2.45) is 0 Å². The summed E-state index contributed by atoms with van der Waals surface area (Å²) in [5.41, 5.74) is 6.91. The monoisotopic (exact) mass is 422 g/mol. The molecule has 0 saturated heterocycles. The van der Waals surface area contributed by atoms with E-state index < -0.39 is 0 Å². The van der Waals surface area contributed by atoms with Gasteiger partial charge in [0.1, 0.15) is 0 Å². The number of aryl methyl sites for hydroxylation is 1. The molecule has 4 rings (SSSR count). The van der Waals surface area contributed by atoms with Gasteiger partial charge in [0.05, 0.1) is 22.8 Å². The number of nitrogens with zero attached hydrogens (tertiary/aromatic N) is 1. The number of fused-ring (bicyclic) bond motifs is 1. The van der Waals surface area contributed by atoms with Crippen LogP contribution in [0.1, 0.15) is 66.2 Å². The normalized spacial score (nSPS) is 12.2. The molecule has 3 nitrogen and oxygen atoms in total. The number of hydrogen-bond acceptors (Lipinski definition) is 2. The molecule has 1 N–H and O–H groups in total.